The molecule has 0 radical (unpaired) electrons. The van der Waals surface area contributed by atoms with Gasteiger partial charge in [0.2, 0.25) is 5.91 Å². The molecule has 178 valence electrons. The molecule has 34 heavy (non-hydrogen) atoms. The van der Waals surface area contributed by atoms with Crippen LogP contribution in [0.1, 0.15) is 19.8 Å². The number of fused-ring (bicyclic) bond motifs is 1. The maximum absolute atomic E-state index is 13.5. The second-order valence-corrected chi connectivity index (χ2v) is 9.23. The molecule has 7 nitrogen and oxygen atoms in total. The molecule has 0 saturated carbocycles. The van der Waals surface area contributed by atoms with Gasteiger partial charge in [0.15, 0.2) is 5.82 Å². The van der Waals surface area contributed by atoms with Crippen LogP contribution in [0.25, 0.3) is 11.0 Å². The third-order valence-electron chi connectivity index (χ3n) is 6.66. The molecule has 1 atom stereocenters. The van der Waals surface area contributed by atoms with Gasteiger partial charge in [-0.3, -0.25) is 4.79 Å². The van der Waals surface area contributed by atoms with E-state index in [1.165, 1.54) is 0 Å². The van der Waals surface area contributed by atoms with E-state index in [0.717, 1.165) is 60.0 Å². The lowest BCUT2D eigenvalue weighted by Gasteiger charge is -2.40. The first-order valence-corrected chi connectivity index (χ1v) is 12.4. The molecular formula is C26H30ClN5O2. The summed E-state index contributed by atoms with van der Waals surface area (Å²) >= 11 is 6.38. The van der Waals surface area contributed by atoms with E-state index in [1.54, 1.807) is 0 Å². The van der Waals surface area contributed by atoms with Crippen molar-refractivity contribution in [3.8, 4) is 5.88 Å². The zero-order valence-electron chi connectivity index (χ0n) is 19.5. The van der Waals surface area contributed by atoms with Gasteiger partial charge in [0.1, 0.15) is 0 Å². The van der Waals surface area contributed by atoms with Gasteiger partial charge in [-0.1, -0.05) is 35.9 Å². The number of nitrogens with zero attached hydrogens (tertiary/aromatic N) is 5. The number of amides is 1. The van der Waals surface area contributed by atoms with Gasteiger partial charge in [-0.2, -0.15) is 0 Å². The largest absolute Gasteiger partial charge is 0.475 e. The minimum Gasteiger partial charge on any atom is -0.475 e. The molecule has 3 heterocycles. The molecule has 2 aliphatic heterocycles. The van der Waals surface area contributed by atoms with E-state index >= 15 is 0 Å². The summed E-state index contributed by atoms with van der Waals surface area (Å²) in [7, 11) is 0. The first kappa shape index (κ1) is 22.7. The van der Waals surface area contributed by atoms with Gasteiger partial charge in [0.05, 0.1) is 34.3 Å². The molecule has 1 amide bonds. The van der Waals surface area contributed by atoms with E-state index in [1.807, 2.05) is 60.4 Å². The lowest BCUT2D eigenvalue weighted by molar-refractivity contribution is -0.136. The monoisotopic (exact) mass is 479 g/mol. The highest BCUT2D eigenvalue weighted by Crippen LogP contribution is 2.32. The number of rotatable bonds is 5. The lowest BCUT2D eigenvalue weighted by Crippen LogP contribution is -2.52. The summed E-state index contributed by atoms with van der Waals surface area (Å²) < 4.78 is 5.85. The molecule has 1 aromatic heterocycles. The molecule has 8 heteroatoms. The number of piperazine rings is 1. The molecule has 2 aliphatic rings. The van der Waals surface area contributed by atoms with Crippen LogP contribution in [0.5, 0.6) is 5.88 Å². The Morgan fingerprint density at radius 3 is 2.41 bits per heavy atom. The van der Waals surface area contributed by atoms with E-state index < -0.39 is 0 Å². The molecule has 2 aromatic carbocycles. The maximum atomic E-state index is 13.5. The van der Waals surface area contributed by atoms with E-state index in [9.17, 15) is 4.79 Å². The molecule has 0 aliphatic carbocycles. The van der Waals surface area contributed by atoms with Gasteiger partial charge in [0, 0.05) is 39.3 Å². The van der Waals surface area contributed by atoms with E-state index in [0.29, 0.717) is 32.1 Å². The van der Waals surface area contributed by atoms with Crippen molar-refractivity contribution in [2.45, 2.75) is 19.8 Å². The van der Waals surface area contributed by atoms with E-state index in [4.69, 9.17) is 26.3 Å². The van der Waals surface area contributed by atoms with Crippen LogP contribution >= 0.6 is 11.6 Å². The molecule has 3 aromatic rings. The Balaban J connectivity index is 1.28. The fourth-order valence-electron chi connectivity index (χ4n) is 4.92. The molecular weight excluding hydrogens is 450 g/mol. The van der Waals surface area contributed by atoms with Crippen LogP contribution in [-0.2, 0) is 4.79 Å². The van der Waals surface area contributed by atoms with Crippen LogP contribution in [0.2, 0.25) is 5.02 Å². The molecule has 0 bridgehead atoms. The van der Waals surface area contributed by atoms with Gasteiger partial charge in [0.25, 0.3) is 5.88 Å². The highest BCUT2D eigenvalue weighted by atomic mass is 35.5. The third kappa shape index (κ3) is 4.62. The molecule has 2 saturated heterocycles. The topological polar surface area (TPSA) is 61.8 Å². The molecule has 0 spiro atoms. The quantitative estimate of drug-likeness (QED) is 0.545. The number of benzene rings is 2. The van der Waals surface area contributed by atoms with Crippen LogP contribution in [-0.4, -0.2) is 66.7 Å². The number of anilines is 2. The zero-order chi connectivity index (χ0) is 23.5. The second kappa shape index (κ2) is 10.1. The van der Waals surface area contributed by atoms with Crippen molar-refractivity contribution < 1.29 is 9.53 Å². The van der Waals surface area contributed by atoms with Gasteiger partial charge < -0.3 is 19.4 Å². The summed E-state index contributed by atoms with van der Waals surface area (Å²) in [5, 5.41) is 0.756. The molecule has 5 rings (SSSR count). The lowest BCUT2D eigenvalue weighted by atomic mass is 9.96. The molecule has 2 fully saturated rings. The Morgan fingerprint density at radius 1 is 0.971 bits per heavy atom. The Labute approximate surface area is 205 Å². The van der Waals surface area contributed by atoms with Crippen molar-refractivity contribution in [2.24, 2.45) is 5.92 Å². The summed E-state index contributed by atoms with van der Waals surface area (Å²) in [4.78, 5) is 29.5. The first-order chi connectivity index (χ1) is 16.6. The minimum absolute atomic E-state index is 0.0524. The van der Waals surface area contributed by atoms with Gasteiger partial charge in [-0.25, -0.2) is 9.97 Å². The van der Waals surface area contributed by atoms with Crippen LogP contribution < -0.4 is 14.5 Å². The summed E-state index contributed by atoms with van der Waals surface area (Å²) in [6.45, 7) is 6.94. The number of carbonyl (C=O) groups is 1. The van der Waals surface area contributed by atoms with Crippen molar-refractivity contribution in [1.29, 1.82) is 0 Å². The fraction of sp³-hybridized carbons (Fsp3) is 0.423. The zero-order valence-corrected chi connectivity index (χ0v) is 20.2. The molecule has 0 unspecified atom stereocenters. The highest BCUT2D eigenvalue weighted by Gasteiger charge is 2.33. The summed E-state index contributed by atoms with van der Waals surface area (Å²) in [6.07, 6.45) is 1.83. The van der Waals surface area contributed by atoms with Crippen LogP contribution in [0.3, 0.4) is 0 Å². The molecule has 0 N–H and O–H groups in total. The predicted molar refractivity (Wildman–Crippen MR) is 136 cm³/mol. The number of para-hydroxylation sites is 3. The van der Waals surface area contributed by atoms with E-state index in [-0.39, 0.29) is 11.8 Å². The smallest absolute Gasteiger partial charge is 0.258 e. The van der Waals surface area contributed by atoms with E-state index in [2.05, 4.69) is 9.80 Å². The average Bonchev–Trinajstić information content (AvgIpc) is 2.88. The van der Waals surface area contributed by atoms with Gasteiger partial charge >= 0.3 is 0 Å². The number of piperidine rings is 1. The van der Waals surface area contributed by atoms with Crippen molar-refractivity contribution in [3.63, 3.8) is 0 Å². The SMILES string of the molecule is CCOc1nc2ccccc2nc1N1CCC[C@@H](C(=O)N2CCN(c3ccccc3Cl)CC2)C1. The maximum Gasteiger partial charge on any atom is 0.258 e. The van der Waals surface area contributed by atoms with Crippen molar-refractivity contribution >= 4 is 40.0 Å². The number of aromatic nitrogens is 2. The number of hydrogen-bond acceptors (Lipinski definition) is 6. The number of hydrogen-bond donors (Lipinski definition) is 0. The Morgan fingerprint density at radius 2 is 1.68 bits per heavy atom. The van der Waals surface area contributed by atoms with Crippen LogP contribution in [0.4, 0.5) is 11.5 Å². The van der Waals surface area contributed by atoms with Crippen molar-refractivity contribution in [2.75, 3.05) is 55.7 Å². The van der Waals surface area contributed by atoms with Crippen LogP contribution in [0, 0.1) is 5.92 Å². The number of halogens is 1. The average molecular weight is 480 g/mol. The normalized spacial score (nSPS) is 18.9. The van der Waals surface area contributed by atoms with Gasteiger partial charge in [-0.05, 0) is 44.0 Å². The number of carbonyl (C=O) groups excluding carboxylic acids is 1. The summed E-state index contributed by atoms with van der Waals surface area (Å²) in [5.41, 5.74) is 2.69. The number of ether oxygens (including phenoxy) is 1. The minimum atomic E-state index is -0.0524. The fourth-order valence-corrected chi connectivity index (χ4v) is 5.17. The van der Waals surface area contributed by atoms with Crippen molar-refractivity contribution in [1.82, 2.24) is 14.9 Å². The summed E-state index contributed by atoms with van der Waals surface area (Å²) in [5.74, 6) is 1.46. The Kier molecular flexibility index (Phi) is 6.72. The standard InChI is InChI=1S/C26H30ClN5O2/c1-2-34-25-24(28-21-10-4-5-11-22(21)29-25)32-13-7-8-19(18-32)26(33)31-16-14-30(15-17-31)23-12-6-3-9-20(23)27/h3-6,9-12,19H,2,7-8,13-18H2,1H3/t19-/m1/s1. The second-order valence-electron chi connectivity index (χ2n) is 8.82. The van der Waals surface area contributed by atoms with Crippen molar-refractivity contribution in [3.05, 3.63) is 53.6 Å². The predicted octanol–water partition coefficient (Wildman–Crippen LogP) is 4.25. The Bertz CT molecular complexity index is 1160. The van der Waals surface area contributed by atoms with Gasteiger partial charge in [-0.15, -0.1) is 0 Å². The van der Waals surface area contributed by atoms with Crippen LogP contribution in [0.15, 0.2) is 48.5 Å². The highest BCUT2D eigenvalue weighted by molar-refractivity contribution is 6.33. The summed E-state index contributed by atoms with van der Waals surface area (Å²) in [6, 6.07) is 15.7. The Hall–Kier alpha value is -3.06. The first-order valence-electron chi connectivity index (χ1n) is 12.1. The third-order valence-corrected chi connectivity index (χ3v) is 6.98.